The third kappa shape index (κ3) is 5.06. The molecule has 2 heterocycles. The molecule has 4 nitrogen and oxygen atoms in total. The molecule has 6 heteroatoms. The van der Waals surface area contributed by atoms with E-state index in [-0.39, 0.29) is 0 Å². The van der Waals surface area contributed by atoms with E-state index >= 15 is 0 Å². The Morgan fingerprint density at radius 3 is 2.81 bits per heavy atom. The number of rotatable bonds is 7. The van der Waals surface area contributed by atoms with Gasteiger partial charge in [-0.25, -0.2) is 13.1 Å². The van der Waals surface area contributed by atoms with Crippen molar-refractivity contribution < 1.29 is 8.42 Å². The van der Waals surface area contributed by atoms with Crippen molar-refractivity contribution in [1.29, 1.82) is 0 Å². The first-order chi connectivity index (χ1) is 9.99. The van der Waals surface area contributed by atoms with E-state index in [1.807, 2.05) is 13.0 Å². The summed E-state index contributed by atoms with van der Waals surface area (Å²) in [6.07, 6.45) is 5.89. The van der Waals surface area contributed by atoms with E-state index in [0.29, 0.717) is 16.8 Å². The van der Waals surface area contributed by atoms with E-state index in [1.54, 1.807) is 6.07 Å². The Morgan fingerprint density at radius 2 is 2.14 bits per heavy atom. The molecule has 120 valence electrons. The van der Waals surface area contributed by atoms with E-state index in [2.05, 4.69) is 16.5 Å². The first-order valence-corrected chi connectivity index (χ1v) is 10.1. The standard InChI is InChI=1S/C15H26N2O2S2/c1-13-7-3-5-11-17(13)12-6-4-10-16-21(18,19)15-9-8-14(2)20-15/h8-9,13,16H,3-7,10-12H2,1-2H3. The quantitative estimate of drug-likeness (QED) is 0.782. The lowest BCUT2D eigenvalue weighted by atomic mass is 10.0. The van der Waals surface area contributed by atoms with Crippen LogP contribution in [0.1, 0.15) is 43.9 Å². The molecule has 0 bridgehead atoms. The van der Waals surface area contributed by atoms with Crippen LogP contribution in [0.2, 0.25) is 0 Å². The van der Waals surface area contributed by atoms with Gasteiger partial charge in [-0.3, -0.25) is 0 Å². The molecule has 0 radical (unpaired) electrons. The van der Waals surface area contributed by atoms with Gasteiger partial charge in [-0.2, -0.15) is 0 Å². The largest absolute Gasteiger partial charge is 0.301 e. The predicted molar refractivity (Wildman–Crippen MR) is 88.4 cm³/mol. The van der Waals surface area contributed by atoms with E-state index in [4.69, 9.17) is 0 Å². The first kappa shape index (κ1) is 16.9. The molecular formula is C15H26N2O2S2. The van der Waals surface area contributed by atoms with Crippen molar-refractivity contribution in [3.8, 4) is 0 Å². The number of aryl methyl sites for hydroxylation is 1. The zero-order valence-electron chi connectivity index (χ0n) is 13.0. The molecule has 1 aliphatic heterocycles. The number of piperidine rings is 1. The number of nitrogens with one attached hydrogen (secondary N) is 1. The van der Waals surface area contributed by atoms with Crippen molar-refractivity contribution >= 4 is 21.4 Å². The van der Waals surface area contributed by atoms with Gasteiger partial charge in [-0.05, 0) is 64.8 Å². The fraction of sp³-hybridized carbons (Fsp3) is 0.733. The van der Waals surface area contributed by atoms with E-state index in [0.717, 1.165) is 24.3 Å². The summed E-state index contributed by atoms with van der Waals surface area (Å²) in [4.78, 5) is 3.55. The lowest BCUT2D eigenvalue weighted by Crippen LogP contribution is -2.38. The summed E-state index contributed by atoms with van der Waals surface area (Å²) in [5, 5.41) is 0. The third-order valence-corrected chi connectivity index (χ3v) is 7.04. The van der Waals surface area contributed by atoms with Gasteiger partial charge in [0.25, 0.3) is 0 Å². The van der Waals surface area contributed by atoms with Crippen LogP contribution in [-0.2, 0) is 10.0 Å². The molecule has 1 N–H and O–H groups in total. The normalized spacial score (nSPS) is 20.8. The van der Waals surface area contributed by atoms with Crippen molar-refractivity contribution in [3.63, 3.8) is 0 Å². The van der Waals surface area contributed by atoms with Gasteiger partial charge >= 0.3 is 0 Å². The van der Waals surface area contributed by atoms with Crippen LogP contribution >= 0.6 is 11.3 Å². The number of likely N-dealkylation sites (tertiary alicyclic amines) is 1. The molecule has 1 atom stereocenters. The fourth-order valence-electron chi connectivity index (χ4n) is 2.76. The molecule has 1 fully saturated rings. The number of hydrogen-bond acceptors (Lipinski definition) is 4. The molecule has 0 spiro atoms. The minimum absolute atomic E-state index is 0.421. The second-order valence-electron chi connectivity index (χ2n) is 5.85. The Balaban J connectivity index is 1.67. The summed E-state index contributed by atoms with van der Waals surface area (Å²) >= 11 is 1.32. The van der Waals surface area contributed by atoms with Crippen LogP contribution in [0.15, 0.2) is 16.3 Å². The SMILES string of the molecule is Cc1ccc(S(=O)(=O)NCCCCN2CCCCC2C)s1. The average Bonchev–Trinajstić information content (AvgIpc) is 2.88. The van der Waals surface area contributed by atoms with Gasteiger partial charge in [0.05, 0.1) is 0 Å². The number of thiophene rings is 1. The minimum atomic E-state index is -3.30. The highest BCUT2D eigenvalue weighted by Gasteiger charge is 2.18. The summed E-state index contributed by atoms with van der Waals surface area (Å²) in [6, 6.07) is 4.21. The van der Waals surface area contributed by atoms with E-state index < -0.39 is 10.0 Å². The average molecular weight is 331 g/mol. The molecule has 21 heavy (non-hydrogen) atoms. The zero-order chi connectivity index (χ0) is 15.3. The Morgan fingerprint density at radius 1 is 1.33 bits per heavy atom. The number of hydrogen-bond donors (Lipinski definition) is 1. The van der Waals surface area contributed by atoms with E-state index in [1.165, 1.54) is 37.1 Å². The number of sulfonamides is 1. The van der Waals surface area contributed by atoms with Gasteiger partial charge in [0.15, 0.2) is 0 Å². The maximum absolute atomic E-state index is 12.1. The molecule has 0 saturated carbocycles. The number of unbranched alkanes of at least 4 members (excludes halogenated alkanes) is 1. The molecule has 0 aromatic carbocycles. The minimum Gasteiger partial charge on any atom is -0.301 e. The van der Waals surface area contributed by atoms with Crippen molar-refractivity contribution in [3.05, 3.63) is 17.0 Å². The zero-order valence-corrected chi connectivity index (χ0v) is 14.6. The van der Waals surface area contributed by atoms with Gasteiger partial charge in [0.2, 0.25) is 10.0 Å². The Bertz CT molecular complexity index is 540. The summed E-state index contributed by atoms with van der Waals surface area (Å²) in [6.45, 7) is 7.02. The van der Waals surface area contributed by atoms with Crippen molar-refractivity contribution in [2.75, 3.05) is 19.6 Å². The van der Waals surface area contributed by atoms with Crippen LogP contribution in [0, 0.1) is 6.92 Å². The van der Waals surface area contributed by atoms with Gasteiger partial charge < -0.3 is 4.90 Å². The monoisotopic (exact) mass is 330 g/mol. The molecule has 2 rings (SSSR count). The highest BCUT2D eigenvalue weighted by molar-refractivity contribution is 7.91. The van der Waals surface area contributed by atoms with Gasteiger partial charge in [0, 0.05) is 17.5 Å². The second-order valence-corrected chi connectivity index (χ2v) is 9.13. The van der Waals surface area contributed by atoms with Crippen LogP contribution in [0.5, 0.6) is 0 Å². The van der Waals surface area contributed by atoms with Gasteiger partial charge in [0.1, 0.15) is 4.21 Å². The van der Waals surface area contributed by atoms with E-state index in [9.17, 15) is 8.42 Å². The molecule has 0 aliphatic carbocycles. The summed E-state index contributed by atoms with van der Waals surface area (Å²) in [7, 11) is -3.30. The van der Waals surface area contributed by atoms with Crippen LogP contribution < -0.4 is 4.72 Å². The van der Waals surface area contributed by atoms with Gasteiger partial charge in [-0.15, -0.1) is 11.3 Å². The molecule has 1 aromatic rings. The molecular weight excluding hydrogens is 304 g/mol. The molecule has 1 aliphatic rings. The summed E-state index contributed by atoms with van der Waals surface area (Å²) < 4.78 is 27.2. The highest BCUT2D eigenvalue weighted by atomic mass is 32.2. The first-order valence-electron chi connectivity index (χ1n) is 7.79. The van der Waals surface area contributed by atoms with Crippen molar-refractivity contribution in [2.45, 2.75) is 56.2 Å². The molecule has 1 unspecified atom stereocenters. The summed E-state index contributed by atoms with van der Waals surface area (Å²) in [5.74, 6) is 0. The molecule has 0 amide bonds. The molecule has 1 aromatic heterocycles. The summed E-state index contributed by atoms with van der Waals surface area (Å²) in [5.41, 5.74) is 0. The maximum Gasteiger partial charge on any atom is 0.250 e. The highest BCUT2D eigenvalue weighted by Crippen LogP contribution is 2.20. The van der Waals surface area contributed by atoms with Crippen LogP contribution in [0.4, 0.5) is 0 Å². The predicted octanol–water partition coefficient (Wildman–Crippen LogP) is 2.99. The van der Waals surface area contributed by atoms with Gasteiger partial charge in [-0.1, -0.05) is 6.42 Å². The maximum atomic E-state index is 12.1. The fourth-order valence-corrected chi connectivity index (χ4v) is 5.17. The van der Waals surface area contributed by atoms with Crippen molar-refractivity contribution in [1.82, 2.24) is 9.62 Å². The Labute approximate surface area is 132 Å². The lowest BCUT2D eigenvalue weighted by molar-refractivity contribution is 0.158. The topological polar surface area (TPSA) is 49.4 Å². The van der Waals surface area contributed by atoms with Crippen LogP contribution in [0.3, 0.4) is 0 Å². The number of nitrogens with zero attached hydrogens (tertiary/aromatic N) is 1. The Hall–Kier alpha value is -0.430. The van der Waals surface area contributed by atoms with Crippen molar-refractivity contribution in [2.24, 2.45) is 0 Å². The molecule has 1 saturated heterocycles. The smallest absolute Gasteiger partial charge is 0.250 e. The third-order valence-electron chi connectivity index (χ3n) is 4.09. The van der Waals surface area contributed by atoms with Crippen LogP contribution in [-0.4, -0.2) is 39.0 Å². The Kier molecular flexibility index (Phi) is 6.22. The van der Waals surface area contributed by atoms with Crippen LogP contribution in [0.25, 0.3) is 0 Å². The lowest BCUT2D eigenvalue weighted by Gasteiger charge is -2.33. The second kappa shape index (κ2) is 7.72.